The summed E-state index contributed by atoms with van der Waals surface area (Å²) in [4.78, 5) is 11.4. The highest BCUT2D eigenvalue weighted by atomic mass is 19.1. The maximum absolute atomic E-state index is 13.8. The fraction of sp³-hybridized carbons (Fsp3) is 0.533. The minimum atomic E-state index is -0.446. The molecule has 0 saturated carbocycles. The maximum Gasteiger partial charge on any atom is 0.258 e. The molecule has 0 aliphatic carbocycles. The van der Waals surface area contributed by atoms with Crippen LogP contribution in [0.3, 0.4) is 0 Å². The molecule has 112 valence electrons. The molecule has 0 fully saturated rings. The molecule has 0 unspecified atom stereocenters. The Kier molecular flexibility index (Phi) is 7.01. The molecule has 1 aromatic rings. The minimum absolute atomic E-state index is 0.0444. The molecule has 4 nitrogen and oxygen atoms in total. The SMILES string of the molecule is CCCNCc1ccc(OCC(=O)NC(C)C)c(F)c1. The van der Waals surface area contributed by atoms with E-state index in [9.17, 15) is 9.18 Å². The predicted molar refractivity (Wildman–Crippen MR) is 77.2 cm³/mol. The zero-order valence-corrected chi connectivity index (χ0v) is 12.3. The summed E-state index contributed by atoms with van der Waals surface area (Å²) in [5, 5.41) is 5.88. The highest BCUT2D eigenvalue weighted by molar-refractivity contribution is 5.77. The number of nitrogens with one attached hydrogen (secondary N) is 2. The predicted octanol–water partition coefficient (Wildman–Crippen LogP) is 2.23. The Morgan fingerprint density at radius 3 is 2.75 bits per heavy atom. The largest absolute Gasteiger partial charge is 0.481 e. The van der Waals surface area contributed by atoms with Crippen LogP contribution in [-0.4, -0.2) is 25.1 Å². The number of carbonyl (C=O) groups excluding carboxylic acids is 1. The van der Waals surface area contributed by atoms with Crippen LogP contribution in [0.2, 0.25) is 0 Å². The van der Waals surface area contributed by atoms with Crippen molar-refractivity contribution < 1.29 is 13.9 Å². The third kappa shape index (κ3) is 6.02. The van der Waals surface area contributed by atoms with Crippen LogP contribution in [0.4, 0.5) is 4.39 Å². The first-order valence-electron chi connectivity index (χ1n) is 6.94. The van der Waals surface area contributed by atoms with E-state index in [1.807, 2.05) is 13.8 Å². The average Bonchev–Trinajstić information content (AvgIpc) is 2.37. The van der Waals surface area contributed by atoms with E-state index in [1.165, 1.54) is 6.07 Å². The Morgan fingerprint density at radius 1 is 1.40 bits per heavy atom. The van der Waals surface area contributed by atoms with Gasteiger partial charge in [0.05, 0.1) is 0 Å². The van der Waals surface area contributed by atoms with Crippen LogP contribution in [0.5, 0.6) is 5.75 Å². The minimum Gasteiger partial charge on any atom is -0.481 e. The van der Waals surface area contributed by atoms with Gasteiger partial charge in [-0.1, -0.05) is 13.0 Å². The molecule has 0 spiro atoms. The van der Waals surface area contributed by atoms with Crippen molar-refractivity contribution in [3.8, 4) is 5.75 Å². The van der Waals surface area contributed by atoms with E-state index >= 15 is 0 Å². The normalized spacial score (nSPS) is 10.7. The second-order valence-corrected chi connectivity index (χ2v) is 4.95. The summed E-state index contributed by atoms with van der Waals surface area (Å²) >= 11 is 0. The molecule has 0 aliphatic rings. The molecule has 0 aliphatic heterocycles. The van der Waals surface area contributed by atoms with E-state index in [2.05, 4.69) is 17.6 Å². The highest BCUT2D eigenvalue weighted by Gasteiger charge is 2.08. The van der Waals surface area contributed by atoms with Crippen LogP contribution in [0, 0.1) is 5.82 Å². The van der Waals surface area contributed by atoms with Gasteiger partial charge in [0, 0.05) is 12.6 Å². The fourth-order valence-electron chi connectivity index (χ4n) is 1.69. The average molecular weight is 282 g/mol. The number of ether oxygens (including phenoxy) is 1. The van der Waals surface area contributed by atoms with Crippen LogP contribution in [-0.2, 0) is 11.3 Å². The van der Waals surface area contributed by atoms with Crippen LogP contribution in [0.15, 0.2) is 18.2 Å². The van der Waals surface area contributed by atoms with Crippen LogP contribution >= 0.6 is 0 Å². The Bertz CT molecular complexity index is 436. The van der Waals surface area contributed by atoms with Gasteiger partial charge in [-0.15, -0.1) is 0 Å². The van der Waals surface area contributed by atoms with Gasteiger partial charge in [-0.2, -0.15) is 0 Å². The van der Waals surface area contributed by atoms with Gasteiger partial charge in [0.2, 0.25) is 0 Å². The van der Waals surface area contributed by atoms with Crippen molar-refractivity contribution in [2.75, 3.05) is 13.2 Å². The van der Waals surface area contributed by atoms with Gasteiger partial charge in [0.25, 0.3) is 5.91 Å². The lowest BCUT2D eigenvalue weighted by Gasteiger charge is -2.11. The lowest BCUT2D eigenvalue weighted by Crippen LogP contribution is -2.34. The fourth-order valence-corrected chi connectivity index (χ4v) is 1.69. The summed E-state index contributed by atoms with van der Waals surface area (Å²) in [6.45, 7) is 7.14. The zero-order valence-electron chi connectivity index (χ0n) is 12.3. The summed E-state index contributed by atoms with van der Waals surface area (Å²) in [6, 6.07) is 4.82. The molecule has 0 radical (unpaired) electrons. The molecule has 0 bridgehead atoms. The molecular formula is C15H23FN2O2. The molecule has 0 aromatic heterocycles. The Hall–Kier alpha value is -1.62. The quantitative estimate of drug-likeness (QED) is 0.719. The van der Waals surface area contributed by atoms with Gasteiger partial charge in [-0.05, 0) is 44.5 Å². The molecule has 1 aromatic carbocycles. The van der Waals surface area contributed by atoms with E-state index < -0.39 is 5.82 Å². The topological polar surface area (TPSA) is 50.4 Å². The second kappa shape index (κ2) is 8.53. The van der Waals surface area contributed by atoms with Crippen molar-refractivity contribution in [2.45, 2.75) is 39.8 Å². The number of hydrogen-bond donors (Lipinski definition) is 2. The third-order valence-electron chi connectivity index (χ3n) is 2.56. The smallest absolute Gasteiger partial charge is 0.258 e. The van der Waals surface area contributed by atoms with E-state index in [4.69, 9.17) is 4.74 Å². The summed E-state index contributed by atoms with van der Waals surface area (Å²) in [5.41, 5.74) is 0.856. The van der Waals surface area contributed by atoms with Crippen LogP contribution < -0.4 is 15.4 Å². The monoisotopic (exact) mass is 282 g/mol. The van der Waals surface area contributed by atoms with Crippen molar-refractivity contribution in [2.24, 2.45) is 0 Å². The molecule has 0 saturated heterocycles. The molecule has 1 rings (SSSR count). The molecule has 1 amide bonds. The highest BCUT2D eigenvalue weighted by Crippen LogP contribution is 2.18. The summed E-state index contributed by atoms with van der Waals surface area (Å²) in [5.74, 6) is -0.602. The van der Waals surface area contributed by atoms with Gasteiger partial charge in [0.1, 0.15) is 0 Å². The number of carbonyl (C=O) groups is 1. The molecule has 2 N–H and O–H groups in total. The molecule has 20 heavy (non-hydrogen) atoms. The van der Waals surface area contributed by atoms with Gasteiger partial charge in [0.15, 0.2) is 18.2 Å². The van der Waals surface area contributed by atoms with E-state index in [-0.39, 0.29) is 24.3 Å². The molecule has 0 atom stereocenters. The molecule has 5 heteroatoms. The zero-order chi connectivity index (χ0) is 15.0. The second-order valence-electron chi connectivity index (χ2n) is 4.95. The number of hydrogen-bond acceptors (Lipinski definition) is 3. The number of halogens is 1. The van der Waals surface area contributed by atoms with Gasteiger partial charge in [-0.3, -0.25) is 4.79 Å². The van der Waals surface area contributed by atoms with E-state index in [0.29, 0.717) is 6.54 Å². The van der Waals surface area contributed by atoms with Crippen molar-refractivity contribution in [1.29, 1.82) is 0 Å². The first-order chi connectivity index (χ1) is 9.52. The number of amides is 1. The summed E-state index contributed by atoms with van der Waals surface area (Å²) < 4.78 is 19.0. The van der Waals surface area contributed by atoms with Crippen molar-refractivity contribution in [3.63, 3.8) is 0 Å². The van der Waals surface area contributed by atoms with Crippen molar-refractivity contribution in [3.05, 3.63) is 29.6 Å². The number of rotatable bonds is 8. The Morgan fingerprint density at radius 2 is 2.15 bits per heavy atom. The van der Waals surface area contributed by atoms with E-state index in [1.54, 1.807) is 12.1 Å². The summed E-state index contributed by atoms with van der Waals surface area (Å²) in [7, 11) is 0. The van der Waals surface area contributed by atoms with Gasteiger partial charge >= 0.3 is 0 Å². The standard InChI is InChI=1S/C15H23FN2O2/c1-4-7-17-9-12-5-6-14(13(16)8-12)20-10-15(19)18-11(2)3/h5-6,8,11,17H,4,7,9-10H2,1-3H3,(H,18,19). The Labute approximate surface area is 119 Å². The van der Waals surface area contributed by atoms with E-state index in [0.717, 1.165) is 18.5 Å². The molecular weight excluding hydrogens is 259 g/mol. The van der Waals surface area contributed by atoms with Crippen LogP contribution in [0.25, 0.3) is 0 Å². The van der Waals surface area contributed by atoms with Crippen molar-refractivity contribution >= 4 is 5.91 Å². The lowest BCUT2D eigenvalue weighted by atomic mass is 10.2. The lowest BCUT2D eigenvalue weighted by molar-refractivity contribution is -0.123. The first-order valence-corrected chi connectivity index (χ1v) is 6.94. The summed E-state index contributed by atoms with van der Waals surface area (Å²) in [6.07, 6.45) is 1.04. The number of benzene rings is 1. The third-order valence-corrected chi connectivity index (χ3v) is 2.56. The maximum atomic E-state index is 13.8. The molecule has 0 heterocycles. The van der Waals surface area contributed by atoms with Gasteiger partial charge in [-0.25, -0.2) is 4.39 Å². The van der Waals surface area contributed by atoms with Gasteiger partial charge < -0.3 is 15.4 Å². The van der Waals surface area contributed by atoms with Crippen molar-refractivity contribution in [1.82, 2.24) is 10.6 Å². The van der Waals surface area contributed by atoms with Crippen LogP contribution in [0.1, 0.15) is 32.8 Å². The Balaban J connectivity index is 2.49. The first kappa shape index (κ1) is 16.4.